The van der Waals surface area contributed by atoms with Gasteiger partial charge in [0, 0.05) is 35.0 Å². The average Bonchev–Trinajstić information content (AvgIpc) is 2.86. The third-order valence-electron chi connectivity index (χ3n) is 6.18. The Kier molecular flexibility index (Phi) is 11.1. The van der Waals surface area contributed by atoms with Gasteiger partial charge in [-0.3, -0.25) is 9.36 Å². The number of nitrogens with zero attached hydrogens (tertiary/aromatic N) is 3. The van der Waals surface area contributed by atoms with Crippen molar-refractivity contribution in [2.24, 2.45) is 0 Å². The molecule has 3 N–H and O–H groups in total. The van der Waals surface area contributed by atoms with Gasteiger partial charge in [-0.05, 0) is 77.4 Å². The van der Waals surface area contributed by atoms with Crippen molar-refractivity contribution in [2.45, 2.75) is 70.4 Å². The van der Waals surface area contributed by atoms with Gasteiger partial charge in [0.05, 0.1) is 12.1 Å². The van der Waals surface area contributed by atoms with E-state index in [0.717, 1.165) is 24.8 Å². The number of halogens is 5. The number of benzene rings is 1. The van der Waals surface area contributed by atoms with Crippen molar-refractivity contribution >= 4 is 34.6 Å². The van der Waals surface area contributed by atoms with Crippen LogP contribution in [0.4, 0.5) is 33.6 Å². The van der Waals surface area contributed by atoms with Gasteiger partial charge < -0.3 is 15.4 Å². The number of fused-ring (bicyclic) bond motifs is 1. The first-order chi connectivity index (χ1) is 18.9. The van der Waals surface area contributed by atoms with Crippen LogP contribution in [0, 0.1) is 5.82 Å². The molecular formula is C27H35F5N6OS. The highest BCUT2D eigenvalue weighted by atomic mass is 32.2. The lowest BCUT2D eigenvalue weighted by atomic mass is 9.94. The van der Waals surface area contributed by atoms with Crippen LogP contribution in [0.5, 0.6) is 0 Å². The SMILES string of the molecule is CC(C)n1c(=O)c(-c2ccc(NSCCC(F)(F)F)c(F)c2)cc2cnc(NC3CCCC(F)C3)nc21.CNC. The molecule has 1 aromatic carbocycles. The molecule has 0 saturated heterocycles. The van der Waals surface area contributed by atoms with E-state index in [1.165, 1.54) is 22.8 Å². The highest BCUT2D eigenvalue weighted by molar-refractivity contribution is 8.00. The minimum atomic E-state index is -4.28. The number of hydrogen-bond acceptors (Lipinski definition) is 7. The topological polar surface area (TPSA) is 83.9 Å². The van der Waals surface area contributed by atoms with E-state index in [1.54, 1.807) is 12.3 Å². The monoisotopic (exact) mass is 586 g/mol. The van der Waals surface area contributed by atoms with Crippen LogP contribution in [0.15, 0.2) is 35.3 Å². The van der Waals surface area contributed by atoms with Crippen molar-refractivity contribution in [2.75, 3.05) is 29.9 Å². The molecule has 0 radical (unpaired) electrons. The Morgan fingerprint density at radius 1 is 1.18 bits per heavy atom. The third-order valence-corrected chi connectivity index (χ3v) is 6.96. The van der Waals surface area contributed by atoms with Crippen LogP contribution in [0.3, 0.4) is 0 Å². The smallest absolute Gasteiger partial charge is 0.351 e. The van der Waals surface area contributed by atoms with E-state index in [0.29, 0.717) is 35.4 Å². The standard InChI is InChI=1S/C25H28F5N5OS.C2H7N/c1-14(2)35-22-16(13-31-24(33-22)32-18-5-3-4-17(26)12-18)10-19(23(35)36)15-6-7-21(20(27)11-15)34-37-9-8-25(28,29)30;1-3-2/h6-7,10-11,13-14,17-18,34H,3-5,8-9,12H2,1-2H3,(H,31,32,33);3H,1-2H3. The Bertz CT molecular complexity index is 1330. The molecule has 220 valence electrons. The van der Waals surface area contributed by atoms with Crippen molar-refractivity contribution in [1.29, 1.82) is 0 Å². The van der Waals surface area contributed by atoms with Crippen LogP contribution in [-0.4, -0.2) is 52.8 Å². The quantitative estimate of drug-likeness (QED) is 0.154. The fraction of sp³-hybridized carbons (Fsp3) is 0.519. The summed E-state index contributed by atoms with van der Waals surface area (Å²) in [6.45, 7) is 3.67. The van der Waals surface area contributed by atoms with Gasteiger partial charge in [-0.25, -0.2) is 13.8 Å². The maximum Gasteiger partial charge on any atom is 0.389 e. The number of pyridine rings is 1. The zero-order chi connectivity index (χ0) is 29.4. The molecule has 3 aromatic rings. The predicted octanol–water partition coefficient (Wildman–Crippen LogP) is 6.72. The van der Waals surface area contributed by atoms with Crippen LogP contribution in [0.1, 0.15) is 52.0 Å². The molecule has 0 aliphatic heterocycles. The van der Waals surface area contributed by atoms with E-state index >= 15 is 0 Å². The van der Waals surface area contributed by atoms with Crippen LogP contribution in [-0.2, 0) is 0 Å². The van der Waals surface area contributed by atoms with Gasteiger partial charge in [0.25, 0.3) is 5.56 Å². The number of anilines is 2. The number of hydrogen-bond donors (Lipinski definition) is 3. The normalized spacial score (nSPS) is 17.4. The van der Waals surface area contributed by atoms with Gasteiger partial charge in [0.15, 0.2) is 0 Å². The predicted molar refractivity (Wildman–Crippen MR) is 152 cm³/mol. The Morgan fingerprint density at radius 2 is 1.90 bits per heavy atom. The molecule has 0 spiro atoms. The Hall–Kier alpha value is -2.93. The number of aromatic nitrogens is 3. The molecule has 2 unspecified atom stereocenters. The highest BCUT2D eigenvalue weighted by Gasteiger charge is 2.26. The van der Waals surface area contributed by atoms with Gasteiger partial charge in [0.1, 0.15) is 17.6 Å². The molecule has 7 nitrogen and oxygen atoms in total. The van der Waals surface area contributed by atoms with E-state index in [9.17, 15) is 26.7 Å². The maximum absolute atomic E-state index is 14.7. The van der Waals surface area contributed by atoms with Crippen LogP contribution in [0.25, 0.3) is 22.2 Å². The van der Waals surface area contributed by atoms with Crippen molar-refractivity contribution in [3.63, 3.8) is 0 Å². The maximum atomic E-state index is 14.7. The summed E-state index contributed by atoms with van der Waals surface area (Å²) in [6.07, 6.45) is -2.02. The summed E-state index contributed by atoms with van der Waals surface area (Å²) in [5.41, 5.74) is 0.636. The Morgan fingerprint density at radius 3 is 2.52 bits per heavy atom. The summed E-state index contributed by atoms with van der Waals surface area (Å²) in [4.78, 5) is 22.4. The van der Waals surface area contributed by atoms with Gasteiger partial charge in [0.2, 0.25) is 5.95 Å². The zero-order valence-electron chi connectivity index (χ0n) is 22.9. The molecule has 1 aliphatic rings. The first kappa shape index (κ1) is 31.6. The van der Waals surface area contributed by atoms with E-state index < -0.39 is 24.6 Å². The fourth-order valence-electron chi connectivity index (χ4n) is 4.38. The minimum Gasteiger partial charge on any atom is -0.351 e. The average molecular weight is 587 g/mol. The molecule has 40 heavy (non-hydrogen) atoms. The van der Waals surface area contributed by atoms with Crippen LogP contribution in [0.2, 0.25) is 0 Å². The number of alkyl halides is 4. The Labute approximate surface area is 234 Å². The third kappa shape index (κ3) is 8.53. The molecule has 2 atom stereocenters. The van der Waals surface area contributed by atoms with E-state index in [2.05, 4.69) is 25.3 Å². The Balaban J connectivity index is 0.00000141. The lowest BCUT2D eigenvalue weighted by molar-refractivity contribution is -0.129. The molecule has 13 heteroatoms. The van der Waals surface area contributed by atoms with Crippen molar-refractivity contribution in [3.05, 3.63) is 46.6 Å². The molecule has 1 saturated carbocycles. The molecule has 0 amide bonds. The first-order valence-corrected chi connectivity index (χ1v) is 14.1. The summed E-state index contributed by atoms with van der Waals surface area (Å²) in [7, 11) is 3.75. The molecule has 2 aromatic heterocycles. The van der Waals surface area contributed by atoms with Gasteiger partial charge >= 0.3 is 6.18 Å². The molecular weight excluding hydrogens is 551 g/mol. The van der Waals surface area contributed by atoms with Gasteiger partial charge in [-0.2, -0.15) is 18.2 Å². The summed E-state index contributed by atoms with van der Waals surface area (Å²) >= 11 is 0.755. The van der Waals surface area contributed by atoms with E-state index in [-0.39, 0.29) is 34.6 Å². The second kappa shape index (κ2) is 14.1. The first-order valence-electron chi connectivity index (χ1n) is 13.1. The molecule has 4 rings (SSSR count). The lowest BCUT2D eigenvalue weighted by Gasteiger charge is -2.25. The highest BCUT2D eigenvalue weighted by Crippen LogP contribution is 2.29. The van der Waals surface area contributed by atoms with Crippen LogP contribution >= 0.6 is 11.9 Å². The van der Waals surface area contributed by atoms with Crippen LogP contribution < -0.4 is 20.9 Å². The summed E-state index contributed by atoms with van der Waals surface area (Å²) < 4.78 is 69.6. The largest absolute Gasteiger partial charge is 0.389 e. The second-order valence-electron chi connectivity index (χ2n) is 9.91. The summed E-state index contributed by atoms with van der Waals surface area (Å²) in [6, 6.07) is 5.35. The minimum absolute atomic E-state index is 0.0261. The van der Waals surface area contributed by atoms with Crippen molar-refractivity contribution in [1.82, 2.24) is 19.9 Å². The molecule has 0 bridgehead atoms. The van der Waals surface area contributed by atoms with Crippen molar-refractivity contribution in [3.8, 4) is 11.1 Å². The molecule has 1 fully saturated rings. The van der Waals surface area contributed by atoms with Gasteiger partial charge in [-0.15, -0.1) is 0 Å². The second-order valence-corrected chi connectivity index (χ2v) is 10.8. The molecule has 1 aliphatic carbocycles. The van der Waals surface area contributed by atoms with Gasteiger partial charge in [-0.1, -0.05) is 18.0 Å². The van der Waals surface area contributed by atoms with Crippen molar-refractivity contribution < 1.29 is 22.0 Å². The fourth-order valence-corrected chi connectivity index (χ4v) is 5.14. The summed E-state index contributed by atoms with van der Waals surface area (Å²) in [5.74, 6) is -0.639. The number of rotatable bonds is 8. The lowest BCUT2D eigenvalue weighted by Crippen LogP contribution is -2.29. The van der Waals surface area contributed by atoms with E-state index in [1.807, 2.05) is 27.9 Å². The summed E-state index contributed by atoms with van der Waals surface area (Å²) in [5, 5.41) is 6.50. The zero-order valence-corrected chi connectivity index (χ0v) is 23.7. The number of nitrogens with one attached hydrogen (secondary N) is 3. The molecule has 2 heterocycles. The van der Waals surface area contributed by atoms with E-state index in [4.69, 9.17) is 0 Å².